The lowest BCUT2D eigenvalue weighted by atomic mass is 9.94. The molecular weight excluding hydrogens is 400 g/mol. The largest absolute Gasteiger partial charge is 0.347 e. The van der Waals surface area contributed by atoms with Crippen LogP contribution in [0.5, 0.6) is 0 Å². The van der Waals surface area contributed by atoms with E-state index in [1.54, 1.807) is 23.5 Å². The molecule has 5 heteroatoms. The van der Waals surface area contributed by atoms with E-state index in [0.717, 1.165) is 15.7 Å². The molecule has 2 nitrogen and oxygen atoms in total. The lowest BCUT2D eigenvalue weighted by Gasteiger charge is -2.21. The average molecular weight is 441 g/mol. The Morgan fingerprint density at radius 1 is 0.929 bits per heavy atom. The van der Waals surface area contributed by atoms with Crippen LogP contribution in [0.4, 0.5) is 5.69 Å². The Hall–Kier alpha value is -0.260. The fraction of sp³-hybridized carbons (Fsp3) is 0.739. The molecule has 0 spiro atoms. The number of nitrogens with one attached hydrogen (secondary N) is 1. The van der Waals surface area contributed by atoms with Crippen molar-refractivity contribution in [1.29, 1.82) is 0 Å². The molecule has 1 atom stereocenters. The minimum absolute atomic E-state index is 0.489. The van der Waals surface area contributed by atoms with Gasteiger partial charge < -0.3 is 5.32 Å². The summed E-state index contributed by atoms with van der Waals surface area (Å²) in [5.41, 5.74) is 1.11. The molecule has 1 heterocycles. The normalized spacial score (nSPS) is 12.1. The molecule has 0 aromatic carbocycles. The molecular formula is C23H40N2S3. The summed E-state index contributed by atoms with van der Waals surface area (Å²) in [6, 6.07) is 2.08. The summed E-state index contributed by atoms with van der Waals surface area (Å²) in [6.07, 6.45) is 21.8. The van der Waals surface area contributed by atoms with Crippen molar-refractivity contribution in [3.8, 4) is 0 Å². The molecule has 1 N–H and O–H groups in total. The summed E-state index contributed by atoms with van der Waals surface area (Å²) >= 11 is 9.36. The van der Waals surface area contributed by atoms with E-state index in [0.29, 0.717) is 5.92 Å². The highest BCUT2D eigenvalue weighted by atomic mass is 32.2. The third kappa shape index (κ3) is 9.98. The molecule has 0 bridgehead atoms. The van der Waals surface area contributed by atoms with E-state index >= 15 is 0 Å². The van der Waals surface area contributed by atoms with Crippen LogP contribution in [0.1, 0.15) is 90.9 Å². The fourth-order valence-corrected chi connectivity index (χ4v) is 4.97. The number of thioether (sulfide) groups is 2. The SMILES string of the molecule is CCCCCCCCC(CCCCCC)C(=S)Nc1c(SC)ccnc1SC. The maximum absolute atomic E-state index is 5.91. The predicted octanol–water partition coefficient (Wildman–Crippen LogP) is 8.60. The van der Waals surface area contributed by atoms with E-state index in [1.165, 1.54) is 81.9 Å². The van der Waals surface area contributed by atoms with Gasteiger partial charge in [-0.2, -0.15) is 0 Å². The number of aromatic nitrogens is 1. The van der Waals surface area contributed by atoms with E-state index in [2.05, 4.69) is 42.7 Å². The number of thiocarbonyl (C=S) groups is 1. The van der Waals surface area contributed by atoms with Gasteiger partial charge in [0.15, 0.2) is 0 Å². The highest BCUT2D eigenvalue weighted by molar-refractivity contribution is 7.99. The molecule has 1 aromatic rings. The second kappa shape index (κ2) is 16.5. The summed E-state index contributed by atoms with van der Waals surface area (Å²) < 4.78 is 0. The maximum Gasteiger partial charge on any atom is 0.120 e. The molecule has 160 valence electrons. The van der Waals surface area contributed by atoms with Gasteiger partial charge in [0.05, 0.1) is 10.7 Å². The first-order chi connectivity index (χ1) is 13.7. The minimum atomic E-state index is 0.489. The first-order valence-electron chi connectivity index (χ1n) is 11.1. The molecule has 0 aliphatic rings. The molecule has 0 saturated heterocycles. The maximum atomic E-state index is 5.91. The van der Waals surface area contributed by atoms with Crippen molar-refractivity contribution in [1.82, 2.24) is 4.98 Å². The number of rotatable bonds is 16. The zero-order valence-corrected chi connectivity index (χ0v) is 20.8. The van der Waals surface area contributed by atoms with Gasteiger partial charge in [0.2, 0.25) is 0 Å². The first kappa shape index (κ1) is 25.8. The van der Waals surface area contributed by atoms with Crippen molar-refractivity contribution >= 4 is 46.4 Å². The van der Waals surface area contributed by atoms with Gasteiger partial charge in [0, 0.05) is 17.0 Å². The summed E-state index contributed by atoms with van der Waals surface area (Å²) in [6.45, 7) is 4.55. The quantitative estimate of drug-likeness (QED) is 0.158. The van der Waals surface area contributed by atoms with E-state index < -0.39 is 0 Å². The second-order valence-electron chi connectivity index (χ2n) is 7.49. The minimum Gasteiger partial charge on any atom is -0.347 e. The van der Waals surface area contributed by atoms with Gasteiger partial charge >= 0.3 is 0 Å². The summed E-state index contributed by atoms with van der Waals surface area (Å²) in [5, 5.41) is 4.65. The van der Waals surface area contributed by atoms with Crippen LogP contribution in [0.15, 0.2) is 22.2 Å². The molecule has 0 radical (unpaired) electrons. The Bertz CT molecular complexity index is 526. The Morgan fingerprint density at radius 3 is 2.07 bits per heavy atom. The third-order valence-electron chi connectivity index (χ3n) is 5.22. The van der Waals surface area contributed by atoms with E-state index in [-0.39, 0.29) is 0 Å². The van der Waals surface area contributed by atoms with Crippen LogP contribution in [0.2, 0.25) is 0 Å². The van der Waals surface area contributed by atoms with Gasteiger partial charge in [-0.3, -0.25) is 0 Å². The molecule has 0 aliphatic carbocycles. The average Bonchev–Trinajstić information content (AvgIpc) is 2.72. The predicted molar refractivity (Wildman–Crippen MR) is 134 cm³/mol. The Labute approximate surface area is 187 Å². The van der Waals surface area contributed by atoms with Crippen LogP contribution in [-0.4, -0.2) is 22.5 Å². The van der Waals surface area contributed by atoms with E-state index in [9.17, 15) is 0 Å². The molecule has 1 aromatic heterocycles. The Kier molecular flexibility index (Phi) is 15.2. The van der Waals surface area contributed by atoms with Gasteiger partial charge in [-0.1, -0.05) is 90.3 Å². The second-order valence-corrected chi connectivity index (χ2v) is 9.57. The molecule has 28 heavy (non-hydrogen) atoms. The molecule has 1 unspecified atom stereocenters. The summed E-state index contributed by atoms with van der Waals surface area (Å²) in [5.74, 6) is 0.489. The van der Waals surface area contributed by atoms with E-state index in [4.69, 9.17) is 12.2 Å². The highest BCUT2D eigenvalue weighted by Crippen LogP contribution is 2.33. The third-order valence-corrected chi connectivity index (χ3v) is 7.13. The molecule has 0 aliphatic heterocycles. The smallest absolute Gasteiger partial charge is 0.120 e. The van der Waals surface area contributed by atoms with Gasteiger partial charge in [0.1, 0.15) is 5.03 Å². The van der Waals surface area contributed by atoms with Crippen LogP contribution in [-0.2, 0) is 0 Å². The summed E-state index contributed by atoms with van der Waals surface area (Å²) in [4.78, 5) is 6.78. The van der Waals surface area contributed by atoms with Crippen molar-refractivity contribution < 1.29 is 0 Å². The van der Waals surface area contributed by atoms with Crippen LogP contribution < -0.4 is 5.32 Å². The molecule has 1 rings (SSSR count). The van der Waals surface area contributed by atoms with Crippen molar-refractivity contribution in [2.75, 3.05) is 17.8 Å². The van der Waals surface area contributed by atoms with Gasteiger partial charge in [-0.25, -0.2) is 4.98 Å². The van der Waals surface area contributed by atoms with Crippen molar-refractivity contribution in [3.63, 3.8) is 0 Å². The zero-order chi connectivity index (χ0) is 20.6. The number of unbranched alkanes of at least 4 members (excludes halogenated alkanes) is 8. The fourth-order valence-electron chi connectivity index (χ4n) is 3.49. The molecule has 0 saturated carbocycles. The van der Waals surface area contributed by atoms with Crippen molar-refractivity contribution in [3.05, 3.63) is 12.3 Å². The van der Waals surface area contributed by atoms with Crippen molar-refractivity contribution in [2.24, 2.45) is 5.92 Å². The van der Waals surface area contributed by atoms with Crippen LogP contribution in [0, 0.1) is 5.92 Å². The monoisotopic (exact) mass is 440 g/mol. The van der Waals surface area contributed by atoms with Gasteiger partial charge in [-0.15, -0.1) is 23.5 Å². The molecule has 0 fully saturated rings. The first-order valence-corrected chi connectivity index (χ1v) is 13.9. The van der Waals surface area contributed by atoms with E-state index in [1.807, 2.05) is 6.20 Å². The van der Waals surface area contributed by atoms with Crippen LogP contribution >= 0.6 is 35.7 Å². The lowest BCUT2D eigenvalue weighted by molar-refractivity contribution is 0.491. The number of nitrogens with zero attached hydrogens (tertiary/aromatic N) is 1. The number of pyridine rings is 1. The topological polar surface area (TPSA) is 24.9 Å². The van der Waals surface area contributed by atoms with Crippen LogP contribution in [0.3, 0.4) is 0 Å². The number of hydrogen-bond acceptors (Lipinski definition) is 4. The number of anilines is 1. The standard InChI is InChI=1S/C23H40N2S3/c1-5-7-9-11-12-14-16-19(15-13-10-8-6-2)22(26)25-21-20(27-3)17-18-24-23(21)28-4/h17-19H,5-16H2,1-4H3,(H,25,26). The highest BCUT2D eigenvalue weighted by Gasteiger charge is 2.17. The van der Waals surface area contributed by atoms with Crippen LogP contribution in [0.25, 0.3) is 0 Å². The van der Waals surface area contributed by atoms with Gasteiger partial charge in [-0.05, 0) is 31.4 Å². The summed E-state index contributed by atoms with van der Waals surface area (Å²) in [7, 11) is 0. The zero-order valence-electron chi connectivity index (χ0n) is 18.4. The lowest BCUT2D eigenvalue weighted by Crippen LogP contribution is -2.22. The van der Waals surface area contributed by atoms with Gasteiger partial charge in [0.25, 0.3) is 0 Å². The number of hydrogen-bond donors (Lipinski definition) is 1. The van der Waals surface area contributed by atoms with Crippen molar-refractivity contribution in [2.45, 2.75) is 101 Å². The Morgan fingerprint density at radius 2 is 1.50 bits per heavy atom. The molecule has 0 amide bonds. The Balaban J connectivity index is 2.69.